The largest absolute Gasteiger partial charge is 0.378 e. The van der Waals surface area contributed by atoms with Gasteiger partial charge in [0.25, 0.3) is 11.6 Å². The Hall–Kier alpha value is -1.37. The van der Waals surface area contributed by atoms with Crippen molar-refractivity contribution in [2.24, 2.45) is 0 Å². The predicted molar refractivity (Wildman–Crippen MR) is 69.8 cm³/mol. The van der Waals surface area contributed by atoms with Gasteiger partial charge in [-0.1, -0.05) is 23.2 Å². The van der Waals surface area contributed by atoms with Crippen molar-refractivity contribution in [1.82, 2.24) is 4.90 Å². The van der Waals surface area contributed by atoms with Gasteiger partial charge in [-0.2, -0.15) is 0 Å². The van der Waals surface area contributed by atoms with Gasteiger partial charge in [-0.15, -0.1) is 0 Å². The van der Waals surface area contributed by atoms with Crippen LogP contribution in [0.2, 0.25) is 10.0 Å². The quantitative estimate of drug-likeness (QED) is 0.621. The zero-order valence-electron chi connectivity index (χ0n) is 9.77. The van der Waals surface area contributed by atoms with Crippen molar-refractivity contribution in [1.29, 1.82) is 0 Å². The van der Waals surface area contributed by atoms with Crippen LogP contribution in [0, 0.1) is 10.1 Å². The maximum absolute atomic E-state index is 12.2. The summed E-state index contributed by atoms with van der Waals surface area (Å²) >= 11 is 11.5. The fourth-order valence-electron chi connectivity index (χ4n) is 1.78. The molecule has 0 unspecified atom stereocenters. The summed E-state index contributed by atoms with van der Waals surface area (Å²) in [4.78, 5) is 23.9. The lowest BCUT2D eigenvalue weighted by Crippen LogP contribution is -2.40. The van der Waals surface area contributed by atoms with E-state index in [0.29, 0.717) is 26.3 Å². The first-order valence-electron chi connectivity index (χ1n) is 5.51. The Morgan fingerprint density at radius 3 is 2.53 bits per heavy atom. The topological polar surface area (TPSA) is 72.7 Å². The molecule has 1 fully saturated rings. The number of ether oxygens (including phenoxy) is 1. The number of benzene rings is 1. The summed E-state index contributed by atoms with van der Waals surface area (Å²) in [5.41, 5.74) is -0.214. The Labute approximate surface area is 119 Å². The SMILES string of the molecule is O=C(c1cc(Cl)c(Cl)c([N+](=O)[O-])c1)N1CCOCC1. The lowest BCUT2D eigenvalue weighted by molar-refractivity contribution is -0.384. The molecule has 1 heterocycles. The van der Waals surface area contributed by atoms with Gasteiger partial charge in [-0.3, -0.25) is 14.9 Å². The van der Waals surface area contributed by atoms with Crippen LogP contribution < -0.4 is 0 Å². The molecule has 1 amide bonds. The molecular weight excluding hydrogens is 295 g/mol. The second kappa shape index (κ2) is 5.73. The van der Waals surface area contributed by atoms with Gasteiger partial charge in [0, 0.05) is 24.7 Å². The van der Waals surface area contributed by atoms with Crippen LogP contribution >= 0.6 is 23.2 Å². The van der Waals surface area contributed by atoms with Crippen molar-refractivity contribution in [2.45, 2.75) is 0 Å². The molecule has 1 aliphatic rings. The molecule has 0 aromatic heterocycles. The Balaban J connectivity index is 2.34. The summed E-state index contributed by atoms with van der Waals surface area (Å²) in [6, 6.07) is 2.49. The predicted octanol–water partition coefficient (Wildman–Crippen LogP) is 2.37. The minimum atomic E-state index is -0.662. The zero-order chi connectivity index (χ0) is 14.0. The van der Waals surface area contributed by atoms with E-state index in [1.54, 1.807) is 4.90 Å². The van der Waals surface area contributed by atoms with Crippen molar-refractivity contribution in [2.75, 3.05) is 26.3 Å². The second-order valence-corrected chi connectivity index (χ2v) is 4.74. The van der Waals surface area contributed by atoms with Gasteiger partial charge in [0.15, 0.2) is 0 Å². The van der Waals surface area contributed by atoms with Gasteiger partial charge in [0.2, 0.25) is 0 Å². The van der Waals surface area contributed by atoms with Crippen LogP contribution in [-0.4, -0.2) is 42.0 Å². The summed E-state index contributed by atoms with van der Waals surface area (Å²) in [5.74, 6) is -0.315. The number of nitro benzene ring substituents is 1. The van der Waals surface area contributed by atoms with Crippen LogP contribution in [-0.2, 0) is 4.74 Å². The summed E-state index contributed by atoms with van der Waals surface area (Å²) < 4.78 is 5.14. The number of carbonyl (C=O) groups is 1. The van der Waals surface area contributed by atoms with E-state index in [1.165, 1.54) is 6.07 Å². The monoisotopic (exact) mass is 304 g/mol. The summed E-state index contributed by atoms with van der Waals surface area (Å²) in [7, 11) is 0. The maximum Gasteiger partial charge on any atom is 0.290 e. The molecule has 19 heavy (non-hydrogen) atoms. The van der Waals surface area contributed by atoms with Crippen LogP contribution in [0.4, 0.5) is 5.69 Å². The van der Waals surface area contributed by atoms with Gasteiger partial charge in [-0.25, -0.2) is 0 Å². The first-order valence-corrected chi connectivity index (χ1v) is 6.26. The van der Waals surface area contributed by atoms with E-state index in [2.05, 4.69) is 0 Å². The highest BCUT2D eigenvalue weighted by Crippen LogP contribution is 2.33. The van der Waals surface area contributed by atoms with Gasteiger partial charge in [0.05, 0.1) is 23.2 Å². The third kappa shape index (κ3) is 2.97. The Morgan fingerprint density at radius 2 is 1.95 bits per heavy atom. The van der Waals surface area contributed by atoms with Crippen LogP contribution in [0.1, 0.15) is 10.4 Å². The van der Waals surface area contributed by atoms with Crippen molar-refractivity contribution in [3.05, 3.63) is 37.9 Å². The smallest absolute Gasteiger partial charge is 0.290 e. The Kier molecular flexibility index (Phi) is 4.24. The van der Waals surface area contributed by atoms with E-state index in [4.69, 9.17) is 27.9 Å². The van der Waals surface area contributed by atoms with Gasteiger partial charge >= 0.3 is 0 Å². The number of hydrogen-bond donors (Lipinski definition) is 0. The van der Waals surface area contributed by atoms with Crippen molar-refractivity contribution >= 4 is 34.8 Å². The minimum absolute atomic E-state index is 0.00697. The third-order valence-electron chi connectivity index (χ3n) is 2.75. The molecule has 1 saturated heterocycles. The van der Waals surface area contributed by atoms with E-state index in [1.807, 2.05) is 0 Å². The molecule has 0 aliphatic carbocycles. The highest BCUT2D eigenvalue weighted by Gasteiger charge is 2.24. The summed E-state index contributed by atoms with van der Waals surface area (Å²) in [6.45, 7) is 1.81. The summed E-state index contributed by atoms with van der Waals surface area (Å²) in [5, 5.41) is 10.7. The number of hydrogen-bond acceptors (Lipinski definition) is 4. The molecule has 1 aromatic carbocycles. The highest BCUT2D eigenvalue weighted by atomic mass is 35.5. The maximum atomic E-state index is 12.2. The number of nitro groups is 1. The molecule has 1 aliphatic heterocycles. The molecule has 8 heteroatoms. The number of rotatable bonds is 2. The van der Waals surface area contributed by atoms with E-state index in [9.17, 15) is 14.9 Å². The van der Waals surface area contributed by atoms with Gasteiger partial charge in [0.1, 0.15) is 5.02 Å². The lowest BCUT2D eigenvalue weighted by atomic mass is 10.1. The third-order valence-corrected chi connectivity index (χ3v) is 3.54. The molecular formula is C11H10Cl2N2O4. The van der Waals surface area contributed by atoms with Gasteiger partial charge < -0.3 is 9.64 Å². The number of morpholine rings is 1. The number of amides is 1. The number of carbonyl (C=O) groups excluding carboxylic acids is 1. The molecule has 0 saturated carbocycles. The fourth-order valence-corrected chi connectivity index (χ4v) is 2.17. The van der Waals surface area contributed by atoms with E-state index in [0.717, 1.165) is 6.07 Å². The lowest BCUT2D eigenvalue weighted by Gasteiger charge is -2.26. The molecule has 0 radical (unpaired) electrons. The highest BCUT2D eigenvalue weighted by molar-refractivity contribution is 6.43. The second-order valence-electron chi connectivity index (χ2n) is 3.95. The normalized spacial score (nSPS) is 15.4. The van der Waals surface area contributed by atoms with Crippen molar-refractivity contribution in [3.63, 3.8) is 0 Å². The molecule has 0 bridgehead atoms. The first kappa shape index (κ1) is 14.0. The number of halogens is 2. The molecule has 102 valence electrons. The van der Waals surface area contributed by atoms with E-state index in [-0.39, 0.29) is 27.2 Å². The molecule has 2 rings (SSSR count). The minimum Gasteiger partial charge on any atom is -0.378 e. The molecule has 6 nitrogen and oxygen atoms in total. The molecule has 0 spiro atoms. The average Bonchev–Trinajstić information content (AvgIpc) is 2.41. The molecule has 0 atom stereocenters. The van der Waals surface area contributed by atoms with E-state index >= 15 is 0 Å². The van der Waals surface area contributed by atoms with Gasteiger partial charge in [-0.05, 0) is 6.07 Å². The van der Waals surface area contributed by atoms with Crippen LogP contribution in [0.5, 0.6) is 0 Å². The summed E-state index contributed by atoms with van der Waals surface area (Å²) in [6.07, 6.45) is 0. The molecule has 1 aromatic rings. The molecule has 0 N–H and O–H groups in total. The average molecular weight is 305 g/mol. The van der Waals surface area contributed by atoms with Crippen molar-refractivity contribution in [3.8, 4) is 0 Å². The zero-order valence-corrected chi connectivity index (χ0v) is 11.3. The van der Waals surface area contributed by atoms with Crippen molar-refractivity contribution < 1.29 is 14.5 Å². The van der Waals surface area contributed by atoms with Crippen LogP contribution in [0.25, 0.3) is 0 Å². The fraction of sp³-hybridized carbons (Fsp3) is 0.364. The number of nitrogens with zero attached hydrogens (tertiary/aromatic N) is 2. The standard InChI is InChI=1S/C11H10Cl2N2O4/c12-8-5-7(6-9(10(8)13)15(17)18)11(16)14-1-3-19-4-2-14/h5-6H,1-4H2. The van der Waals surface area contributed by atoms with E-state index < -0.39 is 4.92 Å². The first-order chi connectivity index (χ1) is 9.00. The van der Waals surface area contributed by atoms with Crippen LogP contribution in [0.3, 0.4) is 0 Å². The Morgan fingerprint density at radius 1 is 1.32 bits per heavy atom. The van der Waals surface area contributed by atoms with Crippen LogP contribution in [0.15, 0.2) is 12.1 Å². The Bertz CT molecular complexity index is 530.